The summed E-state index contributed by atoms with van der Waals surface area (Å²) in [7, 11) is 0. The van der Waals surface area contributed by atoms with Gasteiger partial charge < -0.3 is 10.3 Å². The van der Waals surface area contributed by atoms with Gasteiger partial charge >= 0.3 is 0 Å². The molecule has 1 aromatic heterocycles. The summed E-state index contributed by atoms with van der Waals surface area (Å²) in [6.45, 7) is 2.04. The van der Waals surface area contributed by atoms with Crippen molar-refractivity contribution >= 4 is 0 Å². The van der Waals surface area contributed by atoms with Crippen molar-refractivity contribution in [2.45, 2.75) is 57.5 Å². The predicted octanol–water partition coefficient (Wildman–Crippen LogP) is 1.67. The molecule has 1 saturated carbocycles. The molecule has 4 nitrogen and oxygen atoms in total. The minimum atomic E-state index is 0.249. The molecule has 2 rings (SSSR count). The Morgan fingerprint density at radius 2 is 2.27 bits per heavy atom. The zero-order valence-corrected chi connectivity index (χ0v) is 9.39. The van der Waals surface area contributed by atoms with Crippen LogP contribution in [0.3, 0.4) is 0 Å². The standard InChI is InChI=1S/C11H20N4/c1-9(12)6-7-11-14-13-8-15(11)10-4-2-3-5-10/h8-10H,2-7,12H2,1H3. The zero-order valence-electron chi connectivity index (χ0n) is 9.39. The number of aromatic nitrogens is 3. The Morgan fingerprint density at radius 1 is 1.53 bits per heavy atom. The molecule has 1 atom stereocenters. The fraction of sp³-hybridized carbons (Fsp3) is 0.818. The molecule has 0 amide bonds. The minimum Gasteiger partial charge on any atom is -0.328 e. The zero-order chi connectivity index (χ0) is 10.7. The van der Waals surface area contributed by atoms with Crippen molar-refractivity contribution in [3.05, 3.63) is 12.2 Å². The quantitative estimate of drug-likeness (QED) is 0.819. The van der Waals surface area contributed by atoms with Crippen LogP contribution in [0.15, 0.2) is 6.33 Å². The summed E-state index contributed by atoms with van der Waals surface area (Å²) in [5.41, 5.74) is 5.76. The molecule has 0 aromatic carbocycles. The van der Waals surface area contributed by atoms with Crippen LogP contribution in [-0.2, 0) is 6.42 Å². The number of nitrogens with two attached hydrogens (primary N) is 1. The van der Waals surface area contributed by atoms with Crippen LogP contribution >= 0.6 is 0 Å². The second-order valence-electron chi connectivity index (χ2n) is 4.61. The molecule has 2 N–H and O–H groups in total. The molecule has 0 spiro atoms. The summed E-state index contributed by atoms with van der Waals surface area (Å²) in [5.74, 6) is 1.11. The maximum absolute atomic E-state index is 5.76. The molecule has 1 aliphatic rings. The Balaban J connectivity index is 2.01. The summed E-state index contributed by atoms with van der Waals surface area (Å²) in [4.78, 5) is 0. The second kappa shape index (κ2) is 4.75. The van der Waals surface area contributed by atoms with Gasteiger partial charge in [0.2, 0.25) is 0 Å². The van der Waals surface area contributed by atoms with E-state index in [9.17, 15) is 0 Å². The van der Waals surface area contributed by atoms with Gasteiger partial charge in [-0.15, -0.1) is 10.2 Å². The molecule has 0 bridgehead atoms. The highest BCUT2D eigenvalue weighted by atomic mass is 15.3. The van der Waals surface area contributed by atoms with Gasteiger partial charge in [0.1, 0.15) is 12.2 Å². The van der Waals surface area contributed by atoms with Gasteiger partial charge in [0, 0.05) is 18.5 Å². The van der Waals surface area contributed by atoms with Gasteiger partial charge in [-0.25, -0.2) is 0 Å². The smallest absolute Gasteiger partial charge is 0.133 e. The number of nitrogens with zero attached hydrogens (tertiary/aromatic N) is 3. The summed E-state index contributed by atoms with van der Waals surface area (Å²) in [5, 5.41) is 8.21. The van der Waals surface area contributed by atoms with Crippen LogP contribution in [0.4, 0.5) is 0 Å². The lowest BCUT2D eigenvalue weighted by molar-refractivity contribution is 0.488. The van der Waals surface area contributed by atoms with Gasteiger partial charge in [-0.3, -0.25) is 0 Å². The van der Waals surface area contributed by atoms with Crippen molar-refractivity contribution in [1.29, 1.82) is 0 Å². The van der Waals surface area contributed by atoms with E-state index in [2.05, 4.69) is 14.8 Å². The van der Waals surface area contributed by atoms with Crippen LogP contribution in [0.25, 0.3) is 0 Å². The minimum absolute atomic E-state index is 0.249. The number of aryl methyl sites for hydroxylation is 1. The third kappa shape index (κ3) is 2.56. The van der Waals surface area contributed by atoms with E-state index in [1.165, 1.54) is 25.7 Å². The van der Waals surface area contributed by atoms with Gasteiger partial charge in [-0.1, -0.05) is 12.8 Å². The summed E-state index contributed by atoms with van der Waals surface area (Å²) in [6, 6.07) is 0.891. The second-order valence-corrected chi connectivity index (χ2v) is 4.61. The maximum atomic E-state index is 5.76. The van der Waals surface area contributed by atoms with Gasteiger partial charge in [0.15, 0.2) is 0 Å². The van der Waals surface area contributed by atoms with Crippen LogP contribution in [-0.4, -0.2) is 20.8 Å². The molecular weight excluding hydrogens is 188 g/mol. The van der Waals surface area contributed by atoms with Crippen molar-refractivity contribution in [3.63, 3.8) is 0 Å². The topological polar surface area (TPSA) is 56.7 Å². The molecule has 1 heterocycles. The molecule has 1 aromatic rings. The third-order valence-electron chi connectivity index (χ3n) is 3.19. The van der Waals surface area contributed by atoms with Crippen molar-refractivity contribution in [2.24, 2.45) is 5.73 Å². The third-order valence-corrected chi connectivity index (χ3v) is 3.19. The summed E-state index contributed by atoms with van der Waals surface area (Å²) >= 11 is 0. The van der Waals surface area contributed by atoms with Crippen molar-refractivity contribution in [3.8, 4) is 0 Å². The lowest BCUT2D eigenvalue weighted by atomic mass is 10.2. The Kier molecular flexibility index (Phi) is 3.36. The molecule has 4 heteroatoms. The summed E-state index contributed by atoms with van der Waals surface area (Å²) in [6.07, 6.45) is 9.07. The van der Waals surface area contributed by atoms with E-state index in [1.807, 2.05) is 13.3 Å². The first-order chi connectivity index (χ1) is 7.27. The number of hydrogen-bond donors (Lipinski definition) is 1. The average Bonchev–Trinajstić information content (AvgIpc) is 2.85. The fourth-order valence-electron chi connectivity index (χ4n) is 2.29. The number of hydrogen-bond acceptors (Lipinski definition) is 3. The largest absolute Gasteiger partial charge is 0.328 e. The lowest BCUT2D eigenvalue weighted by Gasteiger charge is -2.13. The molecule has 0 radical (unpaired) electrons. The van der Waals surface area contributed by atoms with Gasteiger partial charge in [-0.05, 0) is 26.2 Å². The Bertz CT molecular complexity index is 299. The molecule has 1 unspecified atom stereocenters. The van der Waals surface area contributed by atoms with Gasteiger partial charge in [0.25, 0.3) is 0 Å². The van der Waals surface area contributed by atoms with Crippen LogP contribution < -0.4 is 5.73 Å². The molecular formula is C11H20N4. The highest BCUT2D eigenvalue weighted by Crippen LogP contribution is 2.29. The van der Waals surface area contributed by atoms with E-state index in [0.29, 0.717) is 6.04 Å². The molecule has 0 aliphatic heterocycles. The molecule has 0 saturated heterocycles. The van der Waals surface area contributed by atoms with Crippen LogP contribution in [0.2, 0.25) is 0 Å². The van der Waals surface area contributed by atoms with E-state index in [-0.39, 0.29) is 6.04 Å². The predicted molar refractivity (Wildman–Crippen MR) is 59.5 cm³/mol. The van der Waals surface area contributed by atoms with E-state index >= 15 is 0 Å². The van der Waals surface area contributed by atoms with Crippen molar-refractivity contribution in [2.75, 3.05) is 0 Å². The molecule has 15 heavy (non-hydrogen) atoms. The Labute approximate surface area is 90.9 Å². The van der Waals surface area contributed by atoms with Crippen LogP contribution in [0, 0.1) is 0 Å². The van der Waals surface area contributed by atoms with E-state index in [1.54, 1.807) is 0 Å². The SMILES string of the molecule is CC(N)CCc1nncn1C1CCCC1. The lowest BCUT2D eigenvalue weighted by Crippen LogP contribution is -2.17. The molecule has 1 aliphatic carbocycles. The Hall–Kier alpha value is -0.900. The highest BCUT2D eigenvalue weighted by Gasteiger charge is 2.19. The van der Waals surface area contributed by atoms with Crippen LogP contribution in [0.1, 0.15) is 50.9 Å². The van der Waals surface area contributed by atoms with E-state index < -0.39 is 0 Å². The molecule has 84 valence electrons. The number of rotatable bonds is 4. The highest BCUT2D eigenvalue weighted by molar-refractivity contribution is 4.92. The average molecular weight is 208 g/mol. The first-order valence-corrected chi connectivity index (χ1v) is 5.91. The normalized spacial score (nSPS) is 19.6. The van der Waals surface area contributed by atoms with E-state index in [0.717, 1.165) is 18.7 Å². The first kappa shape index (κ1) is 10.6. The fourth-order valence-corrected chi connectivity index (χ4v) is 2.29. The summed E-state index contributed by atoms with van der Waals surface area (Å²) < 4.78 is 2.26. The van der Waals surface area contributed by atoms with E-state index in [4.69, 9.17) is 5.73 Å². The first-order valence-electron chi connectivity index (χ1n) is 5.91. The van der Waals surface area contributed by atoms with Crippen molar-refractivity contribution in [1.82, 2.24) is 14.8 Å². The maximum Gasteiger partial charge on any atom is 0.133 e. The molecule has 1 fully saturated rings. The van der Waals surface area contributed by atoms with Crippen LogP contribution in [0.5, 0.6) is 0 Å². The monoisotopic (exact) mass is 208 g/mol. The van der Waals surface area contributed by atoms with Gasteiger partial charge in [0.05, 0.1) is 0 Å². The Morgan fingerprint density at radius 3 is 2.93 bits per heavy atom. The van der Waals surface area contributed by atoms with Gasteiger partial charge in [-0.2, -0.15) is 0 Å². The van der Waals surface area contributed by atoms with Crippen molar-refractivity contribution < 1.29 is 0 Å².